The molecule has 0 aromatic carbocycles. The molecule has 0 unspecified atom stereocenters. The van der Waals surface area contributed by atoms with Gasteiger partial charge in [0.2, 0.25) is 0 Å². The maximum absolute atomic E-state index is 14.6. The van der Waals surface area contributed by atoms with Crippen molar-refractivity contribution in [2.24, 2.45) is 10.8 Å². The minimum Gasteiger partial charge on any atom is -0.394 e. The Kier molecular flexibility index (Phi) is 17.9. The van der Waals surface area contributed by atoms with Gasteiger partial charge in [-0.1, -0.05) is 56.9 Å². The molecule has 0 saturated carbocycles. The molecular formula is C30H49FN6S. The van der Waals surface area contributed by atoms with Crippen LogP contribution in [-0.4, -0.2) is 47.1 Å². The second-order valence-corrected chi connectivity index (χ2v) is 10.4. The number of anilines is 1. The summed E-state index contributed by atoms with van der Waals surface area (Å²) in [5.41, 5.74) is 8.00. The van der Waals surface area contributed by atoms with Crippen molar-refractivity contribution < 1.29 is 4.39 Å². The van der Waals surface area contributed by atoms with Crippen molar-refractivity contribution >= 4 is 29.4 Å². The summed E-state index contributed by atoms with van der Waals surface area (Å²) < 4.78 is 14.6. The summed E-state index contributed by atoms with van der Waals surface area (Å²) in [5.74, 6) is 1.79. The lowest BCUT2D eigenvalue weighted by Gasteiger charge is -2.14. The lowest BCUT2D eigenvalue weighted by atomic mass is 10.1. The van der Waals surface area contributed by atoms with E-state index in [9.17, 15) is 4.39 Å². The van der Waals surface area contributed by atoms with Gasteiger partial charge in [0.15, 0.2) is 5.82 Å². The smallest absolute Gasteiger partial charge is 0.164 e. The van der Waals surface area contributed by atoms with Crippen LogP contribution in [0.25, 0.3) is 5.57 Å². The highest BCUT2D eigenvalue weighted by Crippen LogP contribution is 2.23. The van der Waals surface area contributed by atoms with Gasteiger partial charge in [-0.2, -0.15) is 5.10 Å². The van der Waals surface area contributed by atoms with Gasteiger partial charge >= 0.3 is 0 Å². The van der Waals surface area contributed by atoms with Gasteiger partial charge in [-0.15, -0.1) is 18.3 Å². The van der Waals surface area contributed by atoms with Gasteiger partial charge in [0.25, 0.3) is 0 Å². The molecule has 3 N–H and O–H groups in total. The van der Waals surface area contributed by atoms with Crippen LogP contribution in [0.4, 0.5) is 10.2 Å². The number of aryl methyl sites for hydroxylation is 1. The summed E-state index contributed by atoms with van der Waals surface area (Å²) >= 11 is 1.69. The second-order valence-electron chi connectivity index (χ2n) is 9.28. The van der Waals surface area contributed by atoms with Gasteiger partial charge in [-0.25, -0.2) is 14.4 Å². The number of allylic oxidation sites excluding steroid dienone is 6. The number of halogens is 1. The van der Waals surface area contributed by atoms with Gasteiger partial charge in [0.05, 0.1) is 28.1 Å². The van der Waals surface area contributed by atoms with E-state index in [1.807, 2.05) is 50.2 Å². The summed E-state index contributed by atoms with van der Waals surface area (Å²) in [6.45, 7) is 12.9. The van der Waals surface area contributed by atoms with Crippen LogP contribution in [0.15, 0.2) is 46.8 Å². The molecular weight excluding hydrogens is 495 g/mol. The summed E-state index contributed by atoms with van der Waals surface area (Å²) in [7, 11) is 1.92. The monoisotopic (exact) mass is 544 g/mol. The first-order valence-electron chi connectivity index (χ1n) is 13.9. The molecule has 0 atom stereocenters. The molecule has 0 fully saturated rings. The Bertz CT molecular complexity index is 950. The van der Waals surface area contributed by atoms with Crippen molar-refractivity contribution in [3.63, 3.8) is 0 Å². The van der Waals surface area contributed by atoms with E-state index in [4.69, 9.17) is 10.7 Å². The highest BCUT2D eigenvalue weighted by Gasteiger charge is 2.14. The van der Waals surface area contributed by atoms with Crippen LogP contribution in [0.5, 0.6) is 0 Å². The SMILES string of the molecule is C=CC/C=C(/N)SCCCCCNc1nc(C(/C=C\CCCCCC)=C(/C)F)nc(C)c1/C=N\N(C)CC. The first-order chi connectivity index (χ1) is 18.3. The quantitative estimate of drug-likeness (QED) is 0.0569. The van der Waals surface area contributed by atoms with Crippen LogP contribution < -0.4 is 11.1 Å². The number of hydrazone groups is 1. The zero-order chi connectivity index (χ0) is 28.2. The molecule has 38 heavy (non-hydrogen) atoms. The molecule has 0 bridgehead atoms. The van der Waals surface area contributed by atoms with E-state index in [-0.39, 0.29) is 5.83 Å². The minimum absolute atomic E-state index is 0.286. The molecule has 8 heteroatoms. The van der Waals surface area contributed by atoms with Crippen LogP contribution in [0.3, 0.4) is 0 Å². The molecule has 1 heterocycles. The third-order valence-corrected chi connectivity index (χ3v) is 6.96. The van der Waals surface area contributed by atoms with Crippen LogP contribution in [0.2, 0.25) is 0 Å². The van der Waals surface area contributed by atoms with Gasteiger partial charge in [-0.05, 0) is 58.6 Å². The average Bonchev–Trinajstić information content (AvgIpc) is 2.89. The lowest BCUT2D eigenvalue weighted by molar-refractivity contribution is 0.377. The van der Waals surface area contributed by atoms with Gasteiger partial charge < -0.3 is 16.1 Å². The fraction of sp³-hybridized carbons (Fsp3) is 0.567. The first-order valence-corrected chi connectivity index (χ1v) is 14.9. The third kappa shape index (κ3) is 13.8. The van der Waals surface area contributed by atoms with Crippen molar-refractivity contribution in [1.82, 2.24) is 15.0 Å². The van der Waals surface area contributed by atoms with E-state index in [1.54, 1.807) is 18.0 Å². The Balaban J connectivity index is 2.95. The Hall–Kier alpha value is -2.61. The van der Waals surface area contributed by atoms with Gasteiger partial charge in [-0.3, -0.25) is 0 Å². The van der Waals surface area contributed by atoms with Crippen LogP contribution in [0.1, 0.15) is 95.6 Å². The maximum atomic E-state index is 14.6. The van der Waals surface area contributed by atoms with E-state index in [2.05, 4.69) is 28.9 Å². The fourth-order valence-electron chi connectivity index (χ4n) is 3.52. The Labute approximate surface area is 234 Å². The standard InChI is InChI=1S/C30H49FN6S/c1-7-10-12-13-14-16-19-26(24(4)31)30-35-25(5)27(23-34-37(6)9-3)29(36-30)33-21-17-15-18-22-38-28(32)20-11-8-2/h8,16,19-20,23H,2,7,9-15,17-18,21-22,32H2,1,3-6H3,(H,33,35,36)/b19-16-,26-24-,28-20-,34-23-. The molecule has 0 radical (unpaired) electrons. The van der Waals surface area contributed by atoms with Crippen molar-refractivity contribution in [3.8, 4) is 0 Å². The first kappa shape index (κ1) is 33.4. The van der Waals surface area contributed by atoms with E-state index < -0.39 is 0 Å². The zero-order valence-electron chi connectivity index (χ0n) is 24.2. The molecule has 6 nitrogen and oxygen atoms in total. The molecule has 1 rings (SSSR count). The summed E-state index contributed by atoms with van der Waals surface area (Å²) in [5, 5.41) is 10.7. The van der Waals surface area contributed by atoms with Crippen LogP contribution >= 0.6 is 11.8 Å². The molecule has 212 valence electrons. The van der Waals surface area contributed by atoms with Crippen LogP contribution in [0, 0.1) is 6.92 Å². The predicted octanol–water partition coefficient (Wildman–Crippen LogP) is 7.99. The van der Waals surface area contributed by atoms with E-state index in [1.165, 1.54) is 26.2 Å². The number of hydrogen-bond donors (Lipinski definition) is 2. The highest BCUT2D eigenvalue weighted by atomic mass is 32.2. The number of unbranched alkanes of at least 4 members (excludes halogenated alkanes) is 6. The molecule has 0 aliphatic rings. The normalized spacial score (nSPS) is 12.8. The number of rotatable bonds is 20. The van der Waals surface area contributed by atoms with E-state index >= 15 is 0 Å². The number of hydrogen-bond acceptors (Lipinski definition) is 7. The number of nitrogens with zero attached hydrogens (tertiary/aromatic N) is 4. The number of nitrogens with one attached hydrogen (secondary N) is 1. The molecule has 0 spiro atoms. The number of thioether (sulfide) groups is 1. The maximum Gasteiger partial charge on any atom is 0.164 e. The third-order valence-electron chi connectivity index (χ3n) is 5.97. The molecule has 1 aromatic heterocycles. The summed E-state index contributed by atoms with van der Waals surface area (Å²) in [4.78, 5) is 9.41. The fourth-order valence-corrected chi connectivity index (χ4v) is 4.32. The summed E-state index contributed by atoms with van der Waals surface area (Å²) in [6, 6.07) is 0. The van der Waals surface area contributed by atoms with Crippen molar-refractivity contribution in [2.45, 2.75) is 85.5 Å². The van der Waals surface area contributed by atoms with Crippen molar-refractivity contribution in [2.75, 3.05) is 31.2 Å². The minimum atomic E-state index is -0.286. The predicted molar refractivity (Wildman–Crippen MR) is 166 cm³/mol. The largest absolute Gasteiger partial charge is 0.394 e. The van der Waals surface area contributed by atoms with Crippen LogP contribution in [-0.2, 0) is 0 Å². The lowest BCUT2D eigenvalue weighted by Crippen LogP contribution is -2.14. The molecule has 0 aliphatic carbocycles. The topological polar surface area (TPSA) is 79.4 Å². The number of aromatic nitrogens is 2. The molecule has 0 saturated heterocycles. The highest BCUT2D eigenvalue weighted by molar-refractivity contribution is 8.02. The Morgan fingerprint density at radius 2 is 1.92 bits per heavy atom. The Morgan fingerprint density at radius 1 is 1.16 bits per heavy atom. The molecule has 0 amide bonds. The Morgan fingerprint density at radius 3 is 2.61 bits per heavy atom. The molecule has 1 aromatic rings. The van der Waals surface area contributed by atoms with Crippen molar-refractivity contribution in [1.29, 1.82) is 0 Å². The average molecular weight is 545 g/mol. The van der Waals surface area contributed by atoms with Crippen molar-refractivity contribution in [3.05, 3.63) is 58.8 Å². The van der Waals surface area contributed by atoms with E-state index in [0.717, 1.165) is 73.7 Å². The van der Waals surface area contributed by atoms with Gasteiger partial charge in [0, 0.05) is 20.1 Å². The second kappa shape index (κ2) is 20.4. The zero-order valence-corrected chi connectivity index (χ0v) is 25.0. The number of nitrogens with two attached hydrogens (primary N) is 1. The van der Waals surface area contributed by atoms with Gasteiger partial charge in [0.1, 0.15) is 11.6 Å². The summed E-state index contributed by atoms with van der Waals surface area (Å²) in [6.07, 6.45) is 19.1. The van der Waals surface area contributed by atoms with E-state index in [0.29, 0.717) is 17.2 Å². The molecule has 0 aliphatic heterocycles.